The van der Waals surface area contributed by atoms with Gasteiger partial charge >= 0.3 is 0 Å². The minimum Gasteiger partial charge on any atom is -0.298 e. The first-order valence-electron chi connectivity index (χ1n) is 8.83. The van der Waals surface area contributed by atoms with Crippen LogP contribution in [0.3, 0.4) is 0 Å². The quantitative estimate of drug-likeness (QED) is 0.379. The molecule has 0 aliphatic carbocycles. The number of anilines is 1. The van der Waals surface area contributed by atoms with Crippen LogP contribution in [-0.4, -0.2) is 52.5 Å². The lowest BCUT2D eigenvalue weighted by Crippen LogP contribution is -2.23. The van der Waals surface area contributed by atoms with Crippen LogP contribution >= 0.6 is 35.2 Å². The second kappa shape index (κ2) is 9.01. The minimum absolute atomic E-state index is 0.0216. The lowest BCUT2D eigenvalue weighted by molar-refractivity contribution is 0.102. The van der Waals surface area contributed by atoms with Crippen molar-refractivity contribution in [3.8, 4) is 10.7 Å². The molecule has 0 fully saturated rings. The van der Waals surface area contributed by atoms with Gasteiger partial charge in [-0.2, -0.15) is 5.10 Å². The molecule has 9 nitrogen and oxygen atoms in total. The van der Waals surface area contributed by atoms with Crippen LogP contribution in [0.1, 0.15) is 16.1 Å². The van der Waals surface area contributed by atoms with Gasteiger partial charge in [0.05, 0.1) is 26.1 Å². The number of H-pyrrole nitrogens is 1. The summed E-state index contributed by atoms with van der Waals surface area (Å²) < 4.78 is 28.0. The molecular weight excluding hydrogens is 480 g/mol. The van der Waals surface area contributed by atoms with E-state index in [1.54, 1.807) is 17.6 Å². The summed E-state index contributed by atoms with van der Waals surface area (Å²) in [7, 11) is -0.903. The fourth-order valence-electron chi connectivity index (χ4n) is 2.66. The van der Waals surface area contributed by atoms with E-state index in [1.807, 2.05) is 0 Å². The maximum Gasteiger partial charge on any atom is 0.259 e. The topological polar surface area (TPSA) is 113 Å². The van der Waals surface area contributed by atoms with Crippen LogP contribution in [0.25, 0.3) is 10.7 Å². The number of carbonyl (C=O) groups is 1. The third-order valence-electron chi connectivity index (χ3n) is 4.25. The second-order valence-electron chi connectivity index (χ2n) is 6.57. The Morgan fingerprint density at radius 1 is 1.45 bits per heavy atom. The zero-order chi connectivity index (χ0) is 22.9. The number of benzene rings is 1. The van der Waals surface area contributed by atoms with Crippen molar-refractivity contribution in [3.63, 3.8) is 0 Å². The summed E-state index contributed by atoms with van der Waals surface area (Å²) in [6, 6.07) is 3.96. The zero-order valence-electron chi connectivity index (χ0n) is 16.8. The molecule has 3 rings (SSSR count). The molecule has 3 aromatic rings. The van der Waals surface area contributed by atoms with Crippen LogP contribution in [0, 0.1) is 11.7 Å². The van der Waals surface area contributed by atoms with E-state index < -0.39 is 15.9 Å². The summed E-state index contributed by atoms with van der Waals surface area (Å²) in [4.78, 5) is 17.9. The van der Waals surface area contributed by atoms with Gasteiger partial charge in [0.25, 0.3) is 5.91 Å². The van der Waals surface area contributed by atoms with Gasteiger partial charge < -0.3 is 0 Å². The van der Waals surface area contributed by atoms with E-state index in [9.17, 15) is 13.2 Å². The average molecular weight is 499 g/mol. The van der Waals surface area contributed by atoms with E-state index in [1.165, 1.54) is 43.6 Å². The Hall–Kier alpha value is -2.38. The van der Waals surface area contributed by atoms with Crippen LogP contribution in [-0.2, 0) is 16.6 Å². The first-order valence-corrected chi connectivity index (χ1v) is 11.9. The number of hydrogen-bond acceptors (Lipinski definition) is 7. The molecule has 164 valence electrons. The maximum absolute atomic E-state index is 12.8. The van der Waals surface area contributed by atoms with Gasteiger partial charge in [0.2, 0.25) is 10.0 Å². The van der Waals surface area contributed by atoms with Crippen LogP contribution < -0.4 is 5.32 Å². The molecule has 0 spiro atoms. The molecule has 0 aliphatic rings. The number of nitrogens with one attached hydrogen (secondary N) is 2. The van der Waals surface area contributed by atoms with Crippen molar-refractivity contribution in [1.29, 1.82) is 0 Å². The fourth-order valence-corrected chi connectivity index (χ4v) is 4.96. The van der Waals surface area contributed by atoms with Crippen LogP contribution in [0.4, 0.5) is 5.13 Å². The largest absolute Gasteiger partial charge is 0.298 e. The van der Waals surface area contributed by atoms with Gasteiger partial charge in [-0.3, -0.25) is 19.8 Å². The highest BCUT2D eigenvalue weighted by molar-refractivity contribution is 7.89. The van der Waals surface area contributed by atoms with Crippen LogP contribution in [0.5, 0.6) is 0 Å². The first-order chi connectivity index (χ1) is 14.6. The average Bonchev–Trinajstić information content (AvgIpc) is 3.24. The van der Waals surface area contributed by atoms with E-state index in [0.29, 0.717) is 28.0 Å². The molecule has 2 aromatic heterocycles. The number of halogens is 1. The number of hydrogen-bond donors (Lipinski definition) is 2. The molecule has 1 aromatic carbocycles. The summed E-state index contributed by atoms with van der Waals surface area (Å²) in [5, 5.41) is 10.1. The molecule has 1 amide bonds. The van der Waals surface area contributed by atoms with Crippen molar-refractivity contribution in [2.24, 2.45) is 0 Å². The Balaban J connectivity index is 1.93. The first kappa shape index (κ1) is 23.3. The van der Waals surface area contributed by atoms with Crippen LogP contribution in [0.2, 0.25) is 5.02 Å². The Bertz CT molecular complexity index is 1320. The SMILES string of the molecule is C=CCn1c(-c2sc(NC(=O)c3cc(S(=O)(=O)N(C)C)ccc3Cl)nc2C)n[nH]c1=S. The highest BCUT2D eigenvalue weighted by Gasteiger charge is 2.22. The summed E-state index contributed by atoms with van der Waals surface area (Å²) >= 11 is 12.6. The number of aromatic nitrogens is 4. The third kappa shape index (κ3) is 4.62. The number of sulfonamides is 1. The van der Waals surface area contributed by atoms with Gasteiger partial charge in [-0.15, -0.1) is 6.58 Å². The number of nitrogens with zero attached hydrogens (tertiary/aromatic N) is 4. The summed E-state index contributed by atoms with van der Waals surface area (Å²) in [6.45, 7) is 5.97. The molecule has 0 saturated heterocycles. The predicted molar refractivity (Wildman–Crippen MR) is 124 cm³/mol. The smallest absolute Gasteiger partial charge is 0.259 e. The molecular formula is C18H19ClN6O3S3. The predicted octanol–water partition coefficient (Wildman–Crippen LogP) is 3.71. The third-order valence-corrected chi connectivity index (χ3v) is 7.77. The highest BCUT2D eigenvalue weighted by atomic mass is 35.5. The van der Waals surface area contributed by atoms with Crippen molar-refractivity contribution in [1.82, 2.24) is 24.1 Å². The van der Waals surface area contributed by atoms with E-state index in [4.69, 9.17) is 23.8 Å². The number of rotatable bonds is 7. The monoisotopic (exact) mass is 498 g/mol. The van der Waals surface area contributed by atoms with E-state index in [2.05, 4.69) is 27.1 Å². The van der Waals surface area contributed by atoms with Gasteiger partial charge in [-0.25, -0.2) is 17.7 Å². The molecule has 0 bridgehead atoms. The number of aryl methyl sites for hydroxylation is 1. The van der Waals surface area contributed by atoms with E-state index in [0.717, 1.165) is 9.18 Å². The molecule has 0 atom stereocenters. The fraction of sp³-hybridized carbons (Fsp3) is 0.222. The molecule has 0 aliphatic heterocycles. The lowest BCUT2D eigenvalue weighted by atomic mass is 10.2. The highest BCUT2D eigenvalue weighted by Crippen LogP contribution is 2.32. The van der Waals surface area contributed by atoms with Crippen molar-refractivity contribution in [2.75, 3.05) is 19.4 Å². The number of allylic oxidation sites excluding steroid dienone is 1. The number of thiazole rings is 1. The summed E-state index contributed by atoms with van der Waals surface area (Å²) in [5.74, 6) is 0.00330. The Morgan fingerprint density at radius 2 is 2.16 bits per heavy atom. The van der Waals surface area contributed by atoms with Crippen molar-refractivity contribution in [3.05, 3.63) is 51.9 Å². The van der Waals surface area contributed by atoms with E-state index >= 15 is 0 Å². The van der Waals surface area contributed by atoms with Gasteiger partial charge in [0.1, 0.15) is 0 Å². The standard InChI is InChI=1S/C18H19ClN6O3S3/c1-5-8-25-15(22-23-18(25)29)14-10(2)20-17(30-14)21-16(26)12-9-11(6-7-13(12)19)31(27,28)24(3)4/h5-7,9H,1,8H2,2-4H3,(H,23,29)(H,20,21,26). The van der Waals surface area contributed by atoms with Gasteiger partial charge in [0, 0.05) is 20.6 Å². The lowest BCUT2D eigenvalue weighted by Gasteiger charge is -2.13. The van der Waals surface area contributed by atoms with Crippen molar-refractivity contribution >= 4 is 56.2 Å². The Morgan fingerprint density at radius 3 is 2.81 bits per heavy atom. The Kier molecular flexibility index (Phi) is 6.76. The van der Waals surface area contributed by atoms with Gasteiger partial charge in [0.15, 0.2) is 15.7 Å². The number of aromatic amines is 1. The number of amides is 1. The molecule has 0 radical (unpaired) electrons. The summed E-state index contributed by atoms with van der Waals surface area (Å²) in [6.07, 6.45) is 1.70. The molecule has 2 heterocycles. The minimum atomic E-state index is -3.72. The summed E-state index contributed by atoms with van der Waals surface area (Å²) in [5.41, 5.74) is 0.669. The van der Waals surface area contributed by atoms with Crippen molar-refractivity contribution < 1.29 is 13.2 Å². The zero-order valence-corrected chi connectivity index (χ0v) is 20.0. The maximum atomic E-state index is 12.8. The van der Waals surface area contributed by atoms with E-state index in [-0.39, 0.29) is 15.5 Å². The molecule has 2 N–H and O–H groups in total. The molecule has 31 heavy (non-hydrogen) atoms. The van der Waals surface area contributed by atoms with Crippen LogP contribution in [0.15, 0.2) is 35.7 Å². The number of carbonyl (C=O) groups excluding carboxylic acids is 1. The normalized spacial score (nSPS) is 11.6. The van der Waals surface area contributed by atoms with Gasteiger partial charge in [-0.1, -0.05) is 29.0 Å². The Labute approximate surface area is 193 Å². The molecule has 0 unspecified atom stereocenters. The second-order valence-corrected chi connectivity index (χ2v) is 10.5. The van der Waals surface area contributed by atoms with Crippen molar-refractivity contribution in [2.45, 2.75) is 18.4 Å². The molecule has 13 heteroatoms. The molecule has 0 saturated carbocycles. The van der Waals surface area contributed by atoms with Gasteiger partial charge in [-0.05, 0) is 37.3 Å².